The van der Waals surface area contributed by atoms with Crippen LogP contribution >= 0.6 is 0 Å². The summed E-state index contributed by atoms with van der Waals surface area (Å²) in [5.41, 5.74) is 2.08. The second kappa shape index (κ2) is 4.89. The average molecular weight is 268 g/mol. The molecule has 0 N–H and O–H groups in total. The summed E-state index contributed by atoms with van der Waals surface area (Å²) in [6.45, 7) is 1.84. The van der Waals surface area contributed by atoms with E-state index in [1.165, 1.54) is 7.11 Å². The molecule has 20 heavy (non-hydrogen) atoms. The van der Waals surface area contributed by atoms with E-state index in [1.54, 1.807) is 0 Å². The molecule has 3 rings (SSSR count). The van der Waals surface area contributed by atoms with Gasteiger partial charge in [0, 0.05) is 24.0 Å². The minimum Gasteiger partial charge on any atom is -0.467 e. The molecule has 1 aromatic carbocycles. The normalized spacial score (nSPS) is 12.5. The van der Waals surface area contributed by atoms with Crippen LogP contribution in [0.4, 0.5) is 0 Å². The Morgan fingerprint density at radius 3 is 2.55 bits per heavy atom. The van der Waals surface area contributed by atoms with Crippen LogP contribution in [-0.4, -0.2) is 22.2 Å². The standard InChI is InChI=1S/C16H16N2O2/c1-12(16(19)20-2)18-11-15(17-9-5-6-10-17)13-7-3-4-8-14(13)18/h3-12H,1-2H3. The molecule has 0 radical (unpaired) electrons. The quantitative estimate of drug-likeness (QED) is 0.684. The minimum absolute atomic E-state index is 0.246. The molecule has 0 aliphatic rings. The number of nitrogens with zero attached hydrogens (tertiary/aromatic N) is 2. The fourth-order valence-electron chi connectivity index (χ4n) is 2.49. The van der Waals surface area contributed by atoms with Crippen LogP contribution in [0.1, 0.15) is 13.0 Å². The molecule has 1 unspecified atom stereocenters. The Morgan fingerprint density at radius 2 is 1.85 bits per heavy atom. The fourth-order valence-corrected chi connectivity index (χ4v) is 2.49. The Hall–Kier alpha value is -2.49. The van der Waals surface area contributed by atoms with Gasteiger partial charge in [-0.2, -0.15) is 0 Å². The average Bonchev–Trinajstić information content (AvgIpc) is 3.12. The van der Waals surface area contributed by atoms with E-state index < -0.39 is 0 Å². The number of aromatic nitrogens is 2. The van der Waals surface area contributed by atoms with Crippen molar-refractivity contribution in [1.29, 1.82) is 0 Å². The Labute approximate surface area is 117 Å². The highest BCUT2D eigenvalue weighted by atomic mass is 16.5. The second-order valence-electron chi connectivity index (χ2n) is 4.73. The lowest BCUT2D eigenvalue weighted by atomic mass is 10.2. The van der Waals surface area contributed by atoms with Gasteiger partial charge in [0.25, 0.3) is 0 Å². The van der Waals surface area contributed by atoms with Crippen LogP contribution in [0.3, 0.4) is 0 Å². The van der Waals surface area contributed by atoms with Crippen molar-refractivity contribution in [3.8, 4) is 5.69 Å². The Morgan fingerprint density at radius 1 is 1.15 bits per heavy atom. The van der Waals surface area contributed by atoms with Gasteiger partial charge in [-0.15, -0.1) is 0 Å². The van der Waals surface area contributed by atoms with Gasteiger partial charge in [0.2, 0.25) is 0 Å². The lowest BCUT2D eigenvalue weighted by Gasteiger charge is -2.12. The molecule has 0 aliphatic heterocycles. The van der Waals surface area contributed by atoms with Gasteiger partial charge in [0.15, 0.2) is 0 Å². The summed E-state index contributed by atoms with van der Waals surface area (Å²) in [5.74, 6) is -0.246. The molecule has 2 aromatic heterocycles. The number of methoxy groups -OCH3 is 1. The van der Waals surface area contributed by atoms with Gasteiger partial charge < -0.3 is 13.9 Å². The van der Waals surface area contributed by atoms with E-state index in [9.17, 15) is 4.79 Å². The monoisotopic (exact) mass is 268 g/mol. The third-order valence-corrected chi connectivity index (χ3v) is 3.56. The number of ether oxygens (including phenoxy) is 1. The smallest absolute Gasteiger partial charge is 0.328 e. The molecule has 0 saturated carbocycles. The minimum atomic E-state index is -0.353. The third-order valence-electron chi connectivity index (χ3n) is 3.56. The van der Waals surface area contributed by atoms with Crippen molar-refractivity contribution >= 4 is 16.9 Å². The van der Waals surface area contributed by atoms with Crippen molar-refractivity contribution in [1.82, 2.24) is 9.13 Å². The van der Waals surface area contributed by atoms with Crippen LogP contribution in [0.2, 0.25) is 0 Å². The lowest BCUT2D eigenvalue weighted by molar-refractivity contribution is -0.143. The van der Waals surface area contributed by atoms with Gasteiger partial charge in [-0.1, -0.05) is 18.2 Å². The molecule has 0 aliphatic carbocycles. The van der Waals surface area contributed by atoms with Crippen LogP contribution in [0, 0.1) is 0 Å². The molecular weight excluding hydrogens is 252 g/mol. The fraction of sp³-hybridized carbons (Fsp3) is 0.188. The van der Waals surface area contributed by atoms with Gasteiger partial charge in [0.1, 0.15) is 6.04 Å². The largest absolute Gasteiger partial charge is 0.467 e. The van der Waals surface area contributed by atoms with E-state index in [4.69, 9.17) is 4.74 Å². The van der Waals surface area contributed by atoms with Gasteiger partial charge in [-0.3, -0.25) is 0 Å². The van der Waals surface area contributed by atoms with Crippen molar-refractivity contribution < 1.29 is 9.53 Å². The summed E-state index contributed by atoms with van der Waals surface area (Å²) >= 11 is 0. The number of fused-ring (bicyclic) bond motifs is 1. The van der Waals surface area contributed by atoms with Crippen LogP contribution in [0.25, 0.3) is 16.6 Å². The summed E-state index contributed by atoms with van der Waals surface area (Å²) in [4.78, 5) is 11.8. The van der Waals surface area contributed by atoms with Crippen molar-refractivity contribution in [2.75, 3.05) is 7.11 Å². The summed E-state index contributed by atoms with van der Waals surface area (Å²) in [7, 11) is 1.41. The van der Waals surface area contributed by atoms with E-state index in [-0.39, 0.29) is 12.0 Å². The lowest BCUT2D eigenvalue weighted by Crippen LogP contribution is -2.16. The molecule has 4 heteroatoms. The zero-order valence-corrected chi connectivity index (χ0v) is 11.5. The maximum absolute atomic E-state index is 11.8. The van der Waals surface area contributed by atoms with Crippen molar-refractivity contribution in [2.24, 2.45) is 0 Å². The summed E-state index contributed by atoms with van der Waals surface area (Å²) < 4.78 is 8.85. The number of carbonyl (C=O) groups excluding carboxylic acids is 1. The van der Waals surface area contributed by atoms with Gasteiger partial charge in [-0.25, -0.2) is 4.79 Å². The highest BCUT2D eigenvalue weighted by molar-refractivity contribution is 5.90. The van der Waals surface area contributed by atoms with E-state index in [0.717, 1.165) is 16.6 Å². The van der Waals surface area contributed by atoms with Crippen molar-refractivity contribution in [3.05, 3.63) is 55.0 Å². The summed E-state index contributed by atoms with van der Waals surface area (Å²) in [5, 5.41) is 1.11. The number of rotatable bonds is 3. The van der Waals surface area contributed by atoms with Crippen LogP contribution in [-0.2, 0) is 9.53 Å². The molecule has 0 saturated heterocycles. The highest BCUT2D eigenvalue weighted by Crippen LogP contribution is 2.27. The number of hydrogen-bond acceptors (Lipinski definition) is 2. The molecule has 2 heterocycles. The first-order valence-electron chi connectivity index (χ1n) is 6.53. The molecule has 4 nitrogen and oxygen atoms in total. The van der Waals surface area contributed by atoms with Crippen molar-refractivity contribution in [3.63, 3.8) is 0 Å². The Balaban J connectivity index is 2.21. The Bertz CT molecular complexity index is 741. The molecule has 102 valence electrons. The van der Waals surface area contributed by atoms with E-state index >= 15 is 0 Å². The number of carbonyl (C=O) groups is 1. The SMILES string of the molecule is COC(=O)C(C)n1cc(-n2cccc2)c2ccccc21. The molecule has 0 amide bonds. The van der Waals surface area contributed by atoms with E-state index in [0.29, 0.717) is 0 Å². The predicted octanol–water partition coefficient (Wildman–Crippen LogP) is 3.17. The van der Waals surface area contributed by atoms with Crippen molar-refractivity contribution in [2.45, 2.75) is 13.0 Å². The van der Waals surface area contributed by atoms with Crippen LogP contribution in [0.5, 0.6) is 0 Å². The topological polar surface area (TPSA) is 36.2 Å². The molecule has 0 spiro atoms. The molecule has 3 aromatic rings. The first-order valence-corrected chi connectivity index (χ1v) is 6.53. The number of benzene rings is 1. The van der Waals surface area contributed by atoms with Crippen LogP contribution < -0.4 is 0 Å². The van der Waals surface area contributed by atoms with Gasteiger partial charge in [0.05, 0.1) is 18.3 Å². The molecule has 0 fully saturated rings. The third kappa shape index (κ3) is 1.90. The highest BCUT2D eigenvalue weighted by Gasteiger charge is 2.19. The number of hydrogen-bond donors (Lipinski definition) is 0. The zero-order valence-electron chi connectivity index (χ0n) is 11.5. The summed E-state index contributed by atoms with van der Waals surface area (Å²) in [6, 6.07) is 11.7. The number of para-hydroxylation sites is 1. The first-order chi connectivity index (χ1) is 9.72. The summed E-state index contributed by atoms with van der Waals surface area (Å²) in [6.07, 6.45) is 5.98. The molecule has 1 atom stereocenters. The second-order valence-corrected chi connectivity index (χ2v) is 4.73. The zero-order chi connectivity index (χ0) is 14.1. The Kier molecular flexibility index (Phi) is 3.06. The van der Waals surface area contributed by atoms with Gasteiger partial charge in [-0.05, 0) is 25.1 Å². The van der Waals surface area contributed by atoms with E-state index in [2.05, 4.69) is 6.07 Å². The van der Waals surface area contributed by atoms with Crippen LogP contribution in [0.15, 0.2) is 55.0 Å². The number of esters is 1. The predicted molar refractivity (Wildman–Crippen MR) is 78.0 cm³/mol. The maximum atomic E-state index is 11.8. The molecular formula is C16H16N2O2. The first kappa shape index (κ1) is 12.5. The maximum Gasteiger partial charge on any atom is 0.328 e. The van der Waals surface area contributed by atoms with E-state index in [1.807, 2.05) is 65.0 Å². The van der Waals surface area contributed by atoms with Gasteiger partial charge >= 0.3 is 5.97 Å². The molecule has 0 bridgehead atoms.